The summed E-state index contributed by atoms with van der Waals surface area (Å²) in [5.74, 6) is 0. The van der Waals surface area contributed by atoms with Crippen LogP contribution in [0.1, 0.15) is 0 Å². The monoisotopic (exact) mass is 240 g/mol. The molecule has 5 heteroatoms. The van der Waals surface area contributed by atoms with Gasteiger partial charge in [0.25, 0.3) is 5.56 Å². The third-order valence-electron chi connectivity index (χ3n) is 3.02. The topological polar surface area (TPSA) is 52.7 Å². The van der Waals surface area contributed by atoms with Gasteiger partial charge in [-0.15, -0.1) is 0 Å². The van der Waals surface area contributed by atoms with E-state index in [9.17, 15) is 4.79 Å². The molecule has 0 atom stereocenters. The van der Waals surface area contributed by atoms with Crippen molar-refractivity contribution in [2.24, 2.45) is 14.1 Å². The standard InChI is InChI=1S/C13H12N4O/c1-16-8-10(6-15-16)9-3-4-12-11(5-9)14-7-13(18)17(12)2/h3-8H,1-2H3. The normalized spacial score (nSPS) is 11.0. The summed E-state index contributed by atoms with van der Waals surface area (Å²) in [4.78, 5) is 15.7. The maximum atomic E-state index is 11.5. The van der Waals surface area contributed by atoms with Gasteiger partial charge in [0.1, 0.15) is 0 Å². The first-order valence-electron chi connectivity index (χ1n) is 5.60. The maximum Gasteiger partial charge on any atom is 0.269 e. The van der Waals surface area contributed by atoms with E-state index >= 15 is 0 Å². The Hall–Kier alpha value is -2.43. The molecule has 2 heterocycles. The van der Waals surface area contributed by atoms with Crippen molar-refractivity contribution in [1.82, 2.24) is 19.3 Å². The second-order valence-corrected chi connectivity index (χ2v) is 4.26. The first kappa shape index (κ1) is 10.7. The van der Waals surface area contributed by atoms with E-state index in [1.54, 1.807) is 16.3 Å². The highest BCUT2D eigenvalue weighted by atomic mass is 16.1. The fourth-order valence-corrected chi connectivity index (χ4v) is 1.99. The van der Waals surface area contributed by atoms with Crippen molar-refractivity contribution in [3.05, 3.63) is 47.1 Å². The summed E-state index contributed by atoms with van der Waals surface area (Å²) in [5, 5.41) is 4.15. The molecule has 0 N–H and O–H groups in total. The van der Waals surface area contributed by atoms with Crippen molar-refractivity contribution >= 4 is 11.0 Å². The van der Waals surface area contributed by atoms with Crippen LogP contribution in [0.2, 0.25) is 0 Å². The zero-order valence-corrected chi connectivity index (χ0v) is 10.2. The molecule has 2 aromatic heterocycles. The van der Waals surface area contributed by atoms with Crippen LogP contribution in [0, 0.1) is 0 Å². The van der Waals surface area contributed by atoms with Crippen LogP contribution in [-0.4, -0.2) is 19.3 Å². The summed E-state index contributed by atoms with van der Waals surface area (Å²) in [6, 6.07) is 5.85. The number of aryl methyl sites for hydroxylation is 2. The molecule has 0 spiro atoms. The second-order valence-electron chi connectivity index (χ2n) is 4.26. The molecule has 0 aliphatic heterocycles. The van der Waals surface area contributed by atoms with Crippen LogP contribution in [0.3, 0.4) is 0 Å². The minimum Gasteiger partial charge on any atom is -0.309 e. The molecule has 0 aliphatic carbocycles. The average molecular weight is 240 g/mol. The summed E-state index contributed by atoms with van der Waals surface area (Å²) < 4.78 is 3.35. The molecule has 0 amide bonds. The van der Waals surface area contributed by atoms with E-state index in [1.807, 2.05) is 37.6 Å². The molecule has 0 bridgehead atoms. The Labute approximate surface area is 103 Å². The van der Waals surface area contributed by atoms with Crippen LogP contribution in [0.5, 0.6) is 0 Å². The van der Waals surface area contributed by atoms with Gasteiger partial charge in [-0.25, -0.2) is 4.98 Å². The molecule has 0 saturated heterocycles. The molecule has 3 rings (SSSR count). The highest BCUT2D eigenvalue weighted by Crippen LogP contribution is 2.21. The van der Waals surface area contributed by atoms with Crippen molar-refractivity contribution in [1.29, 1.82) is 0 Å². The number of hydrogen-bond acceptors (Lipinski definition) is 3. The van der Waals surface area contributed by atoms with Gasteiger partial charge < -0.3 is 4.57 Å². The molecular formula is C13H12N4O. The molecule has 0 aliphatic rings. The Morgan fingerprint density at radius 1 is 1.11 bits per heavy atom. The van der Waals surface area contributed by atoms with Crippen LogP contribution in [-0.2, 0) is 14.1 Å². The minimum atomic E-state index is -0.100. The molecule has 3 aromatic rings. The van der Waals surface area contributed by atoms with Crippen LogP contribution in [0.25, 0.3) is 22.2 Å². The van der Waals surface area contributed by atoms with Crippen molar-refractivity contribution in [2.75, 3.05) is 0 Å². The number of aromatic nitrogens is 4. The molecule has 90 valence electrons. The Morgan fingerprint density at radius 3 is 2.67 bits per heavy atom. The fraction of sp³-hybridized carbons (Fsp3) is 0.154. The van der Waals surface area contributed by atoms with Crippen molar-refractivity contribution in [3.8, 4) is 11.1 Å². The predicted octanol–water partition coefficient (Wildman–Crippen LogP) is 1.33. The Kier molecular flexibility index (Phi) is 2.26. The van der Waals surface area contributed by atoms with Gasteiger partial charge in [0, 0.05) is 25.9 Å². The molecular weight excluding hydrogens is 228 g/mol. The van der Waals surface area contributed by atoms with Gasteiger partial charge in [-0.05, 0) is 17.7 Å². The lowest BCUT2D eigenvalue weighted by atomic mass is 10.1. The smallest absolute Gasteiger partial charge is 0.269 e. The minimum absolute atomic E-state index is 0.100. The average Bonchev–Trinajstić information content (AvgIpc) is 2.80. The maximum absolute atomic E-state index is 11.5. The lowest BCUT2D eigenvalue weighted by Gasteiger charge is -2.04. The zero-order chi connectivity index (χ0) is 12.7. The van der Waals surface area contributed by atoms with Crippen LogP contribution in [0.4, 0.5) is 0 Å². The lowest BCUT2D eigenvalue weighted by molar-refractivity contribution is 0.768. The van der Waals surface area contributed by atoms with Gasteiger partial charge in [-0.1, -0.05) is 6.07 Å². The molecule has 0 radical (unpaired) electrons. The molecule has 5 nitrogen and oxygen atoms in total. The molecule has 1 aromatic carbocycles. The number of hydrogen-bond donors (Lipinski definition) is 0. The number of benzene rings is 1. The molecule has 18 heavy (non-hydrogen) atoms. The number of fused-ring (bicyclic) bond motifs is 1. The van der Waals surface area contributed by atoms with Gasteiger partial charge in [-0.3, -0.25) is 9.48 Å². The summed E-state index contributed by atoms with van der Waals surface area (Å²) >= 11 is 0. The molecule has 0 unspecified atom stereocenters. The zero-order valence-electron chi connectivity index (χ0n) is 10.2. The van der Waals surface area contributed by atoms with Crippen molar-refractivity contribution in [3.63, 3.8) is 0 Å². The Balaban J connectivity index is 2.24. The van der Waals surface area contributed by atoms with E-state index in [1.165, 1.54) is 6.20 Å². The van der Waals surface area contributed by atoms with Gasteiger partial charge >= 0.3 is 0 Å². The summed E-state index contributed by atoms with van der Waals surface area (Å²) in [7, 11) is 3.63. The van der Waals surface area contributed by atoms with Crippen LogP contribution < -0.4 is 5.56 Å². The summed E-state index contributed by atoms with van der Waals surface area (Å²) in [5.41, 5.74) is 3.61. The van der Waals surface area contributed by atoms with E-state index in [-0.39, 0.29) is 5.56 Å². The first-order valence-corrected chi connectivity index (χ1v) is 5.60. The van der Waals surface area contributed by atoms with E-state index in [4.69, 9.17) is 0 Å². The highest BCUT2D eigenvalue weighted by molar-refractivity contribution is 5.81. The molecule has 0 fully saturated rings. The Morgan fingerprint density at radius 2 is 1.94 bits per heavy atom. The first-order chi connectivity index (χ1) is 8.65. The van der Waals surface area contributed by atoms with Gasteiger partial charge in [0.15, 0.2) is 0 Å². The lowest BCUT2D eigenvalue weighted by Crippen LogP contribution is -2.16. The van der Waals surface area contributed by atoms with Gasteiger partial charge in [0.05, 0.1) is 23.4 Å². The largest absolute Gasteiger partial charge is 0.309 e. The SMILES string of the molecule is Cn1cc(-c2ccc3c(c2)ncc(=O)n3C)cn1. The van der Waals surface area contributed by atoms with E-state index in [0.717, 1.165) is 22.2 Å². The van der Waals surface area contributed by atoms with E-state index in [0.29, 0.717) is 0 Å². The number of nitrogens with zero attached hydrogens (tertiary/aromatic N) is 4. The van der Waals surface area contributed by atoms with Crippen LogP contribution in [0.15, 0.2) is 41.6 Å². The third-order valence-corrected chi connectivity index (χ3v) is 3.02. The fourth-order valence-electron chi connectivity index (χ4n) is 1.99. The van der Waals surface area contributed by atoms with Gasteiger partial charge in [0.2, 0.25) is 0 Å². The van der Waals surface area contributed by atoms with Gasteiger partial charge in [-0.2, -0.15) is 5.10 Å². The number of rotatable bonds is 1. The quantitative estimate of drug-likeness (QED) is 0.645. The highest BCUT2D eigenvalue weighted by Gasteiger charge is 2.05. The van der Waals surface area contributed by atoms with Crippen molar-refractivity contribution in [2.45, 2.75) is 0 Å². The third kappa shape index (κ3) is 1.60. The van der Waals surface area contributed by atoms with Crippen molar-refractivity contribution < 1.29 is 0 Å². The summed E-state index contributed by atoms with van der Waals surface area (Å²) in [6.07, 6.45) is 5.10. The Bertz CT molecular complexity index is 785. The van der Waals surface area contributed by atoms with E-state index < -0.39 is 0 Å². The molecule has 0 saturated carbocycles. The second kappa shape index (κ2) is 3.80. The van der Waals surface area contributed by atoms with Crippen LogP contribution >= 0.6 is 0 Å². The predicted molar refractivity (Wildman–Crippen MR) is 69.2 cm³/mol. The van der Waals surface area contributed by atoms with E-state index in [2.05, 4.69) is 10.1 Å². The summed E-state index contributed by atoms with van der Waals surface area (Å²) in [6.45, 7) is 0.